The number of rotatable bonds is 6. The Morgan fingerprint density at radius 2 is 1.80 bits per heavy atom. The number of carbonyl (C=O) groups excluding carboxylic acids is 1. The van der Waals surface area contributed by atoms with Crippen molar-refractivity contribution in [2.24, 2.45) is 0 Å². The van der Waals surface area contributed by atoms with Gasteiger partial charge in [-0.15, -0.1) is 10.2 Å². The molecule has 4 rings (SSSR count). The number of nitrogens with one attached hydrogen (secondary N) is 1. The quantitative estimate of drug-likeness (QED) is 0.493. The number of para-hydroxylation sites is 1. The van der Waals surface area contributed by atoms with Crippen molar-refractivity contribution in [1.82, 2.24) is 14.8 Å². The van der Waals surface area contributed by atoms with E-state index in [2.05, 4.69) is 15.5 Å². The predicted molar refractivity (Wildman–Crippen MR) is 117 cm³/mol. The predicted octanol–water partition coefficient (Wildman–Crippen LogP) is 3.72. The molecule has 0 aliphatic carbocycles. The summed E-state index contributed by atoms with van der Waals surface area (Å²) < 4.78 is 28.1. The molecule has 2 heterocycles. The van der Waals surface area contributed by atoms with E-state index in [1.54, 1.807) is 29.8 Å². The van der Waals surface area contributed by atoms with Gasteiger partial charge < -0.3 is 4.57 Å². The summed E-state index contributed by atoms with van der Waals surface area (Å²) in [7, 11) is -3.61. The maximum absolute atomic E-state index is 13.2. The number of nitrogens with zero attached hydrogens (tertiary/aromatic N) is 3. The Kier molecular flexibility index (Phi) is 5.40. The Bertz CT molecular complexity index is 1340. The van der Waals surface area contributed by atoms with Crippen LogP contribution in [0.5, 0.6) is 0 Å². The Morgan fingerprint density at radius 3 is 2.53 bits per heavy atom. The first-order chi connectivity index (χ1) is 14.3. The maximum atomic E-state index is 13.2. The molecule has 0 unspecified atom stereocenters. The van der Waals surface area contributed by atoms with Gasteiger partial charge in [0.25, 0.3) is 0 Å². The number of carbonyl (C=O) groups is 1. The first-order valence-corrected chi connectivity index (χ1v) is 11.8. The van der Waals surface area contributed by atoms with Gasteiger partial charge in [-0.2, -0.15) is 0 Å². The molecule has 30 heavy (non-hydrogen) atoms. The minimum Gasteiger partial charge on any atom is -0.337 e. The number of hydrogen-bond donors (Lipinski definition) is 1. The van der Waals surface area contributed by atoms with Crippen molar-refractivity contribution in [1.29, 1.82) is 0 Å². The molecule has 0 fully saturated rings. The van der Waals surface area contributed by atoms with Gasteiger partial charge in [0.2, 0.25) is 11.0 Å². The van der Waals surface area contributed by atoms with Crippen molar-refractivity contribution < 1.29 is 13.2 Å². The third kappa shape index (κ3) is 4.12. The highest BCUT2D eigenvalue weighted by molar-refractivity contribution is 7.90. The van der Waals surface area contributed by atoms with E-state index in [0.717, 1.165) is 16.1 Å². The second-order valence-corrected chi connectivity index (χ2v) is 10.1. The van der Waals surface area contributed by atoms with Crippen LogP contribution in [0.1, 0.15) is 16.1 Å². The number of amides is 1. The molecule has 1 amide bonds. The highest BCUT2D eigenvalue weighted by Crippen LogP contribution is 2.28. The summed E-state index contributed by atoms with van der Waals surface area (Å²) in [6.07, 6.45) is 1.54. The van der Waals surface area contributed by atoms with Gasteiger partial charge in [-0.3, -0.25) is 10.1 Å². The van der Waals surface area contributed by atoms with Crippen LogP contribution in [0, 0.1) is 13.8 Å². The standard InChI is InChI=1S/C21H20N4O3S2/c1-14-7-3-4-8-16(14)13-30(27,28)19-11-25(18-10-6-5-9-17(18)19)12-20(26)22-21-24-23-15(2)29-21/h3-11H,12-13H2,1-2H3,(H,22,24,26). The van der Waals surface area contributed by atoms with Gasteiger partial charge in [0.15, 0.2) is 9.84 Å². The fourth-order valence-electron chi connectivity index (χ4n) is 3.31. The fraction of sp³-hybridized carbons (Fsp3) is 0.190. The SMILES string of the molecule is Cc1nnc(NC(=O)Cn2cc(S(=O)(=O)Cc3ccccc3C)c3ccccc32)s1. The van der Waals surface area contributed by atoms with Gasteiger partial charge in [0, 0.05) is 17.1 Å². The van der Waals surface area contributed by atoms with E-state index in [1.807, 2.05) is 43.3 Å². The monoisotopic (exact) mass is 440 g/mol. The summed E-state index contributed by atoms with van der Waals surface area (Å²) in [5, 5.41) is 12.2. The van der Waals surface area contributed by atoms with Crippen LogP contribution in [0.15, 0.2) is 59.6 Å². The number of anilines is 1. The largest absolute Gasteiger partial charge is 0.337 e. The second-order valence-electron chi connectivity index (χ2n) is 7.00. The van der Waals surface area contributed by atoms with Crippen LogP contribution in [0.25, 0.3) is 10.9 Å². The van der Waals surface area contributed by atoms with E-state index in [1.165, 1.54) is 11.3 Å². The Labute approximate surface area is 178 Å². The van der Waals surface area contributed by atoms with Crippen LogP contribution in [0.4, 0.5) is 5.13 Å². The van der Waals surface area contributed by atoms with Crippen molar-refractivity contribution in [2.75, 3.05) is 5.32 Å². The van der Waals surface area contributed by atoms with Crippen LogP contribution >= 0.6 is 11.3 Å². The molecule has 7 nitrogen and oxygen atoms in total. The van der Waals surface area contributed by atoms with Crippen molar-refractivity contribution in [3.63, 3.8) is 0 Å². The lowest BCUT2D eigenvalue weighted by Crippen LogP contribution is -2.18. The number of sulfone groups is 1. The van der Waals surface area contributed by atoms with E-state index in [4.69, 9.17) is 0 Å². The van der Waals surface area contributed by atoms with E-state index in [9.17, 15) is 13.2 Å². The summed E-state index contributed by atoms with van der Waals surface area (Å²) in [6, 6.07) is 14.6. The normalized spacial score (nSPS) is 11.7. The topological polar surface area (TPSA) is 93.9 Å². The second kappa shape index (κ2) is 8.00. The fourth-order valence-corrected chi connectivity index (χ4v) is 5.60. The molecule has 0 aliphatic heterocycles. The smallest absolute Gasteiger partial charge is 0.246 e. The van der Waals surface area contributed by atoms with Gasteiger partial charge >= 0.3 is 0 Å². The third-order valence-electron chi connectivity index (χ3n) is 4.78. The average Bonchev–Trinajstić information content (AvgIpc) is 3.27. The van der Waals surface area contributed by atoms with Gasteiger partial charge in [0.05, 0.1) is 10.6 Å². The molecule has 2 aromatic heterocycles. The number of benzene rings is 2. The lowest BCUT2D eigenvalue weighted by molar-refractivity contribution is -0.116. The molecule has 0 spiro atoms. The molecule has 0 radical (unpaired) electrons. The van der Waals surface area contributed by atoms with Crippen molar-refractivity contribution in [3.05, 3.63) is 70.9 Å². The van der Waals surface area contributed by atoms with Gasteiger partial charge in [0.1, 0.15) is 11.6 Å². The minimum atomic E-state index is -3.61. The molecule has 0 atom stereocenters. The third-order valence-corrected chi connectivity index (χ3v) is 7.22. The van der Waals surface area contributed by atoms with Crippen LogP contribution < -0.4 is 5.32 Å². The van der Waals surface area contributed by atoms with Gasteiger partial charge in [-0.05, 0) is 31.0 Å². The molecule has 4 aromatic rings. The summed E-state index contributed by atoms with van der Waals surface area (Å²) in [6.45, 7) is 3.67. The molecule has 154 valence electrons. The number of fused-ring (bicyclic) bond motifs is 1. The summed E-state index contributed by atoms with van der Waals surface area (Å²) in [4.78, 5) is 12.7. The van der Waals surface area contributed by atoms with Gasteiger partial charge in [-0.1, -0.05) is 53.8 Å². The van der Waals surface area contributed by atoms with E-state index in [-0.39, 0.29) is 23.1 Å². The van der Waals surface area contributed by atoms with Crippen molar-refractivity contribution in [3.8, 4) is 0 Å². The highest BCUT2D eigenvalue weighted by Gasteiger charge is 2.23. The zero-order valence-corrected chi connectivity index (χ0v) is 18.1. The molecular formula is C21H20N4O3S2. The Morgan fingerprint density at radius 1 is 1.07 bits per heavy atom. The molecule has 0 aliphatic rings. The van der Waals surface area contributed by atoms with Crippen molar-refractivity contribution in [2.45, 2.75) is 31.0 Å². The lowest BCUT2D eigenvalue weighted by atomic mass is 10.1. The summed E-state index contributed by atoms with van der Waals surface area (Å²) >= 11 is 1.28. The lowest BCUT2D eigenvalue weighted by Gasteiger charge is -2.06. The summed E-state index contributed by atoms with van der Waals surface area (Å²) in [5.41, 5.74) is 2.37. The van der Waals surface area contributed by atoms with Crippen LogP contribution in [0.3, 0.4) is 0 Å². The zero-order chi connectivity index (χ0) is 21.3. The first kappa shape index (κ1) is 20.2. The number of aryl methyl sites for hydroxylation is 2. The van der Waals surface area contributed by atoms with Crippen LogP contribution in [-0.4, -0.2) is 29.1 Å². The van der Waals surface area contributed by atoms with E-state index in [0.29, 0.717) is 16.0 Å². The molecular weight excluding hydrogens is 420 g/mol. The number of aromatic nitrogens is 3. The molecule has 0 saturated heterocycles. The highest BCUT2D eigenvalue weighted by atomic mass is 32.2. The molecule has 9 heteroatoms. The number of hydrogen-bond acceptors (Lipinski definition) is 6. The minimum absolute atomic E-state index is 0.0287. The van der Waals surface area contributed by atoms with E-state index < -0.39 is 9.84 Å². The van der Waals surface area contributed by atoms with Gasteiger partial charge in [-0.25, -0.2) is 8.42 Å². The maximum Gasteiger partial charge on any atom is 0.246 e. The molecule has 1 N–H and O–H groups in total. The van der Waals surface area contributed by atoms with Crippen LogP contribution in [-0.2, 0) is 26.9 Å². The van der Waals surface area contributed by atoms with Crippen LogP contribution in [0.2, 0.25) is 0 Å². The molecule has 0 saturated carbocycles. The first-order valence-electron chi connectivity index (χ1n) is 9.28. The van der Waals surface area contributed by atoms with E-state index >= 15 is 0 Å². The average molecular weight is 441 g/mol. The molecule has 0 bridgehead atoms. The summed E-state index contributed by atoms with van der Waals surface area (Å²) in [5.74, 6) is -0.390. The Hall–Kier alpha value is -3.04. The van der Waals surface area contributed by atoms with Crippen molar-refractivity contribution >= 4 is 43.1 Å². The Balaban J connectivity index is 1.66. The molecule has 2 aromatic carbocycles. The zero-order valence-electron chi connectivity index (χ0n) is 16.5.